The zero-order valence-corrected chi connectivity index (χ0v) is 11.4. The Balaban J connectivity index is 0.00000324. The van der Waals surface area contributed by atoms with Gasteiger partial charge in [0, 0.05) is 19.5 Å². The number of nitro groups is 1. The van der Waals surface area contributed by atoms with Gasteiger partial charge in [-0.1, -0.05) is 6.92 Å². The van der Waals surface area contributed by atoms with E-state index < -0.39 is 4.92 Å². The molecule has 0 bridgehead atoms. The van der Waals surface area contributed by atoms with Crippen LogP contribution in [-0.4, -0.2) is 33.7 Å². The summed E-state index contributed by atoms with van der Waals surface area (Å²) in [6.45, 7) is 3.31. The highest BCUT2D eigenvalue weighted by molar-refractivity contribution is 5.85. The Morgan fingerprint density at radius 1 is 1.68 bits per heavy atom. The predicted molar refractivity (Wildman–Crippen MR) is 72.0 cm³/mol. The molecule has 0 aliphatic heterocycles. The van der Waals surface area contributed by atoms with Gasteiger partial charge in [0.05, 0.1) is 4.92 Å². The quantitative estimate of drug-likeness (QED) is 0.554. The van der Waals surface area contributed by atoms with Crippen LogP contribution in [0.4, 0.5) is 5.69 Å². The molecule has 1 aromatic heterocycles. The van der Waals surface area contributed by atoms with E-state index in [1.165, 1.54) is 10.9 Å². The minimum Gasteiger partial charge on any atom is -0.356 e. The minimum absolute atomic E-state index is 0. The number of hydrogen-bond donors (Lipinski definition) is 2. The van der Waals surface area contributed by atoms with Crippen molar-refractivity contribution < 1.29 is 9.72 Å². The van der Waals surface area contributed by atoms with Crippen LogP contribution in [0, 0.1) is 16.0 Å². The van der Waals surface area contributed by atoms with Crippen LogP contribution in [-0.2, 0) is 11.3 Å². The Labute approximate surface area is 116 Å². The van der Waals surface area contributed by atoms with Crippen molar-refractivity contribution in [3.8, 4) is 0 Å². The van der Waals surface area contributed by atoms with Gasteiger partial charge in [0.1, 0.15) is 12.4 Å². The summed E-state index contributed by atoms with van der Waals surface area (Å²) in [5, 5.41) is 17.0. The number of carbonyl (C=O) groups is 1. The van der Waals surface area contributed by atoms with Crippen LogP contribution in [0.1, 0.15) is 13.3 Å². The number of halogens is 1. The van der Waals surface area contributed by atoms with Crippen LogP contribution < -0.4 is 11.1 Å². The largest absolute Gasteiger partial charge is 0.356 e. The third kappa shape index (κ3) is 6.16. The maximum Gasteiger partial charge on any atom is 0.306 e. The van der Waals surface area contributed by atoms with E-state index in [0.717, 1.165) is 6.20 Å². The molecule has 1 amide bonds. The molecule has 0 aromatic carbocycles. The van der Waals surface area contributed by atoms with Gasteiger partial charge >= 0.3 is 5.69 Å². The first kappa shape index (κ1) is 17.3. The second-order valence-corrected chi connectivity index (χ2v) is 4.11. The lowest BCUT2D eigenvalue weighted by Crippen LogP contribution is -2.31. The highest BCUT2D eigenvalue weighted by Crippen LogP contribution is 2.07. The Hall–Kier alpha value is -1.67. The molecule has 0 spiro atoms. The fraction of sp³-hybridized carbons (Fsp3) is 0.600. The van der Waals surface area contributed by atoms with Gasteiger partial charge < -0.3 is 11.1 Å². The number of nitrogens with one attached hydrogen (secondary N) is 1. The lowest BCUT2D eigenvalue weighted by molar-refractivity contribution is -0.385. The van der Waals surface area contributed by atoms with Crippen LogP contribution >= 0.6 is 12.4 Å². The Morgan fingerprint density at radius 3 is 2.89 bits per heavy atom. The minimum atomic E-state index is -0.521. The summed E-state index contributed by atoms with van der Waals surface area (Å²) in [5.74, 6) is 0.119. The van der Waals surface area contributed by atoms with E-state index in [2.05, 4.69) is 10.4 Å². The van der Waals surface area contributed by atoms with Crippen LogP contribution in [0.25, 0.3) is 0 Å². The van der Waals surface area contributed by atoms with Crippen LogP contribution in [0.2, 0.25) is 0 Å². The highest BCUT2D eigenvalue weighted by atomic mass is 35.5. The summed E-state index contributed by atoms with van der Waals surface area (Å²) >= 11 is 0. The first-order valence-electron chi connectivity index (χ1n) is 5.66. The molecule has 8 nitrogen and oxygen atoms in total. The van der Waals surface area contributed by atoms with Gasteiger partial charge in [-0.15, -0.1) is 12.4 Å². The molecule has 108 valence electrons. The van der Waals surface area contributed by atoms with Crippen molar-refractivity contribution in [2.24, 2.45) is 11.7 Å². The molecular weight excluding hydrogens is 274 g/mol. The van der Waals surface area contributed by atoms with Crippen molar-refractivity contribution in [1.29, 1.82) is 0 Å². The lowest BCUT2D eigenvalue weighted by Gasteiger charge is -2.09. The number of aromatic nitrogens is 2. The number of hydrogen-bond acceptors (Lipinski definition) is 5. The van der Waals surface area contributed by atoms with Gasteiger partial charge in [0.15, 0.2) is 0 Å². The van der Waals surface area contributed by atoms with E-state index in [4.69, 9.17) is 5.73 Å². The normalized spacial score (nSPS) is 11.5. The summed E-state index contributed by atoms with van der Waals surface area (Å²) < 4.78 is 1.38. The second kappa shape index (κ2) is 8.44. The van der Waals surface area contributed by atoms with E-state index in [1.54, 1.807) is 0 Å². The molecule has 0 aliphatic carbocycles. The van der Waals surface area contributed by atoms with E-state index in [9.17, 15) is 14.9 Å². The molecule has 0 saturated heterocycles. The molecule has 1 heterocycles. The number of rotatable bonds is 7. The number of aryl methyl sites for hydroxylation is 1. The summed E-state index contributed by atoms with van der Waals surface area (Å²) in [6.07, 6.45) is 2.69. The predicted octanol–water partition coefficient (Wildman–Crippen LogP) is 0.314. The summed E-state index contributed by atoms with van der Waals surface area (Å²) in [6, 6.07) is 0. The van der Waals surface area contributed by atoms with Crippen molar-refractivity contribution in [1.82, 2.24) is 15.1 Å². The maximum absolute atomic E-state index is 11.5. The van der Waals surface area contributed by atoms with Crippen molar-refractivity contribution in [2.45, 2.75) is 19.9 Å². The second-order valence-electron chi connectivity index (χ2n) is 4.11. The number of nitrogens with zero attached hydrogens (tertiary/aromatic N) is 3. The number of amides is 1. The van der Waals surface area contributed by atoms with Crippen molar-refractivity contribution in [3.63, 3.8) is 0 Å². The molecule has 1 aromatic rings. The molecule has 0 fully saturated rings. The van der Waals surface area contributed by atoms with Gasteiger partial charge in [-0.25, -0.2) is 0 Å². The molecule has 0 aliphatic rings. The fourth-order valence-electron chi connectivity index (χ4n) is 1.25. The van der Waals surface area contributed by atoms with E-state index in [1.807, 2.05) is 6.92 Å². The summed E-state index contributed by atoms with van der Waals surface area (Å²) in [5.41, 5.74) is 5.35. The van der Waals surface area contributed by atoms with Crippen molar-refractivity contribution in [3.05, 3.63) is 22.5 Å². The smallest absolute Gasteiger partial charge is 0.306 e. The lowest BCUT2D eigenvalue weighted by atomic mass is 10.2. The molecule has 0 radical (unpaired) electrons. The average molecular weight is 292 g/mol. The first-order chi connectivity index (χ1) is 8.52. The Kier molecular flexibility index (Phi) is 7.69. The molecule has 1 unspecified atom stereocenters. The average Bonchev–Trinajstić information content (AvgIpc) is 2.82. The topological polar surface area (TPSA) is 116 Å². The zero-order chi connectivity index (χ0) is 13.5. The molecule has 9 heteroatoms. The molecule has 1 atom stereocenters. The Morgan fingerprint density at radius 2 is 2.37 bits per heavy atom. The maximum atomic E-state index is 11.5. The van der Waals surface area contributed by atoms with Gasteiger partial charge in [-0.05, 0) is 12.5 Å². The zero-order valence-electron chi connectivity index (χ0n) is 10.6. The molecular formula is C10H18ClN5O3. The molecule has 3 N–H and O–H groups in total. The summed E-state index contributed by atoms with van der Waals surface area (Å²) in [4.78, 5) is 21.4. The molecule has 1 rings (SSSR count). The monoisotopic (exact) mass is 291 g/mol. The first-order valence-corrected chi connectivity index (χ1v) is 5.66. The highest BCUT2D eigenvalue weighted by Gasteiger charge is 2.10. The van der Waals surface area contributed by atoms with E-state index >= 15 is 0 Å². The van der Waals surface area contributed by atoms with Gasteiger partial charge in [0.2, 0.25) is 5.91 Å². The van der Waals surface area contributed by atoms with Crippen LogP contribution in [0.3, 0.4) is 0 Å². The number of carbonyl (C=O) groups excluding carboxylic acids is 1. The van der Waals surface area contributed by atoms with Crippen molar-refractivity contribution >= 4 is 24.0 Å². The third-order valence-corrected chi connectivity index (χ3v) is 2.45. The SMILES string of the molecule is CC(CN)CNC(=O)CCn1cc([N+](=O)[O-])cn1.Cl. The molecule has 19 heavy (non-hydrogen) atoms. The van der Waals surface area contributed by atoms with Gasteiger partial charge in [0.25, 0.3) is 0 Å². The van der Waals surface area contributed by atoms with E-state index in [-0.39, 0.29) is 36.3 Å². The standard InChI is InChI=1S/C10H17N5O3.ClH/c1-8(4-11)5-12-10(16)2-3-14-7-9(6-13-14)15(17)18;/h6-8H,2-5,11H2,1H3,(H,12,16);1H. The Bertz CT molecular complexity index is 423. The fourth-order valence-corrected chi connectivity index (χ4v) is 1.25. The van der Waals surface area contributed by atoms with E-state index in [0.29, 0.717) is 19.6 Å². The summed E-state index contributed by atoms with van der Waals surface area (Å²) in [7, 11) is 0. The van der Waals surface area contributed by atoms with Crippen LogP contribution in [0.15, 0.2) is 12.4 Å². The molecule has 0 saturated carbocycles. The van der Waals surface area contributed by atoms with Gasteiger partial charge in [-0.2, -0.15) is 5.10 Å². The number of nitrogens with two attached hydrogens (primary N) is 1. The third-order valence-electron chi connectivity index (χ3n) is 2.45. The van der Waals surface area contributed by atoms with Crippen molar-refractivity contribution in [2.75, 3.05) is 13.1 Å². The van der Waals surface area contributed by atoms with Gasteiger partial charge in [-0.3, -0.25) is 19.6 Å². The van der Waals surface area contributed by atoms with Crippen LogP contribution in [0.5, 0.6) is 0 Å².